The Kier molecular flexibility index (Phi) is 5.92. The van der Waals surface area contributed by atoms with Gasteiger partial charge >= 0.3 is 0 Å². The fraction of sp³-hybridized carbons (Fsp3) is 0.200. The van der Waals surface area contributed by atoms with Crippen LogP contribution in [0.1, 0.15) is 0 Å². The van der Waals surface area contributed by atoms with Gasteiger partial charge in [-0.1, -0.05) is 0 Å². The molecule has 0 spiro atoms. The summed E-state index contributed by atoms with van der Waals surface area (Å²) in [5, 5.41) is 6.23. The standard InChI is InChI=1S/C20H19ClN6O3/c1-29-16-8-4-14(5-9-16)23-20-25-18(21)24-19(26-20)22-13-2-6-15(7-3-13)27-10-11-30-12-17(27)28/h2-9H,10-12H2,1H3,(H2,22,23,24,25,26). The molecule has 1 amide bonds. The first-order chi connectivity index (χ1) is 14.6. The number of benzene rings is 2. The molecule has 30 heavy (non-hydrogen) atoms. The van der Waals surface area contributed by atoms with Gasteiger partial charge in [0.25, 0.3) is 5.91 Å². The summed E-state index contributed by atoms with van der Waals surface area (Å²) in [6, 6.07) is 14.7. The summed E-state index contributed by atoms with van der Waals surface area (Å²) < 4.78 is 10.3. The first-order valence-electron chi connectivity index (χ1n) is 9.18. The van der Waals surface area contributed by atoms with Gasteiger partial charge in [-0.15, -0.1) is 0 Å². The molecule has 154 valence electrons. The quantitative estimate of drug-likeness (QED) is 0.618. The van der Waals surface area contributed by atoms with Crippen LogP contribution in [0.4, 0.5) is 29.0 Å². The molecule has 1 fully saturated rings. The van der Waals surface area contributed by atoms with Crippen molar-refractivity contribution in [2.24, 2.45) is 0 Å². The topological polar surface area (TPSA) is 102 Å². The van der Waals surface area contributed by atoms with E-state index in [0.29, 0.717) is 25.0 Å². The Labute approximate surface area is 178 Å². The Hall–Kier alpha value is -3.43. The third-order valence-electron chi connectivity index (χ3n) is 4.38. The number of carbonyl (C=O) groups excluding carboxylic acids is 1. The summed E-state index contributed by atoms with van der Waals surface area (Å²) in [5.74, 6) is 1.29. The van der Waals surface area contributed by atoms with E-state index in [1.165, 1.54) is 0 Å². The van der Waals surface area contributed by atoms with Crippen LogP contribution in [0.5, 0.6) is 5.75 Å². The van der Waals surface area contributed by atoms with E-state index in [1.807, 2.05) is 48.5 Å². The van der Waals surface area contributed by atoms with Gasteiger partial charge in [-0.2, -0.15) is 15.0 Å². The minimum absolute atomic E-state index is 0.0547. The molecule has 0 aliphatic carbocycles. The average molecular weight is 427 g/mol. The van der Waals surface area contributed by atoms with E-state index in [-0.39, 0.29) is 17.8 Å². The molecule has 2 N–H and O–H groups in total. The number of rotatable bonds is 6. The van der Waals surface area contributed by atoms with Gasteiger partial charge in [-0.3, -0.25) is 4.79 Å². The second kappa shape index (κ2) is 8.93. The van der Waals surface area contributed by atoms with Gasteiger partial charge in [0.2, 0.25) is 17.2 Å². The van der Waals surface area contributed by atoms with Crippen LogP contribution in [-0.4, -0.2) is 47.7 Å². The Morgan fingerprint density at radius 3 is 2.13 bits per heavy atom. The number of anilines is 5. The largest absolute Gasteiger partial charge is 0.497 e. The van der Waals surface area contributed by atoms with Crippen molar-refractivity contribution in [1.82, 2.24) is 15.0 Å². The lowest BCUT2D eigenvalue weighted by Gasteiger charge is -2.26. The third kappa shape index (κ3) is 4.76. The second-order valence-electron chi connectivity index (χ2n) is 6.37. The molecule has 2 aromatic carbocycles. The maximum absolute atomic E-state index is 12.0. The Morgan fingerprint density at radius 1 is 0.967 bits per heavy atom. The number of amides is 1. The summed E-state index contributed by atoms with van der Waals surface area (Å²) in [7, 11) is 1.61. The molecule has 0 unspecified atom stereocenters. The van der Waals surface area contributed by atoms with Gasteiger partial charge in [-0.25, -0.2) is 0 Å². The van der Waals surface area contributed by atoms with Crippen LogP contribution >= 0.6 is 11.6 Å². The first-order valence-corrected chi connectivity index (χ1v) is 9.56. The van der Waals surface area contributed by atoms with Gasteiger partial charge in [0.15, 0.2) is 0 Å². The molecule has 0 atom stereocenters. The number of hydrogen-bond acceptors (Lipinski definition) is 8. The number of methoxy groups -OCH3 is 1. The van der Waals surface area contributed by atoms with Gasteiger partial charge in [0, 0.05) is 23.6 Å². The number of halogens is 1. The molecule has 3 aromatic rings. The van der Waals surface area contributed by atoms with E-state index >= 15 is 0 Å². The molecule has 0 bridgehead atoms. The Balaban J connectivity index is 1.47. The lowest BCUT2D eigenvalue weighted by atomic mass is 10.2. The van der Waals surface area contributed by atoms with Crippen molar-refractivity contribution < 1.29 is 14.3 Å². The molecule has 0 radical (unpaired) electrons. The highest BCUT2D eigenvalue weighted by atomic mass is 35.5. The molecule has 2 heterocycles. The molecule has 10 heteroatoms. The smallest absolute Gasteiger partial charge is 0.253 e. The van der Waals surface area contributed by atoms with E-state index in [4.69, 9.17) is 21.1 Å². The zero-order valence-electron chi connectivity index (χ0n) is 16.1. The molecule has 1 aliphatic heterocycles. The average Bonchev–Trinajstić information content (AvgIpc) is 2.75. The number of nitrogens with one attached hydrogen (secondary N) is 2. The molecular formula is C20H19ClN6O3. The zero-order valence-corrected chi connectivity index (χ0v) is 16.9. The van der Waals surface area contributed by atoms with Crippen molar-refractivity contribution >= 4 is 46.5 Å². The van der Waals surface area contributed by atoms with Gasteiger partial charge in [0.1, 0.15) is 12.4 Å². The normalized spacial score (nSPS) is 13.8. The zero-order chi connectivity index (χ0) is 20.9. The van der Waals surface area contributed by atoms with Crippen molar-refractivity contribution in [3.05, 3.63) is 53.8 Å². The van der Waals surface area contributed by atoms with Crippen molar-refractivity contribution in [3.8, 4) is 5.75 Å². The van der Waals surface area contributed by atoms with Crippen LogP contribution in [-0.2, 0) is 9.53 Å². The highest BCUT2D eigenvalue weighted by Crippen LogP contribution is 2.23. The van der Waals surface area contributed by atoms with Gasteiger partial charge in [-0.05, 0) is 60.1 Å². The third-order valence-corrected chi connectivity index (χ3v) is 4.54. The van der Waals surface area contributed by atoms with E-state index < -0.39 is 0 Å². The number of nitrogens with zero attached hydrogens (tertiary/aromatic N) is 4. The SMILES string of the molecule is COc1ccc(Nc2nc(Cl)nc(Nc3ccc(N4CCOCC4=O)cc3)n2)cc1. The number of carbonyl (C=O) groups is 1. The lowest BCUT2D eigenvalue weighted by molar-refractivity contribution is -0.125. The van der Waals surface area contributed by atoms with Crippen LogP contribution < -0.4 is 20.3 Å². The summed E-state index contributed by atoms with van der Waals surface area (Å²) in [5.41, 5.74) is 2.34. The second-order valence-corrected chi connectivity index (χ2v) is 6.71. The monoisotopic (exact) mass is 426 g/mol. The number of aromatic nitrogens is 3. The maximum atomic E-state index is 12.0. The number of ether oxygens (including phenoxy) is 2. The van der Waals surface area contributed by atoms with Gasteiger partial charge in [0.05, 0.1) is 13.7 Å². The Bertz CT molecular complexity index is 1030. The van der Waals surface area contributed by atoms with E-state index in [1.54, 1.807) is 12.0 Å². The predicted molar refractivity (Wildman–Crippen MR) is 114 cm³/mol. The molecule has 1 aromatic heterocycles. The minimum Gasteiger partial charge on any atom is -0.497 e. The predicted octanol–water partition coefficient (Wildman–Crippen LogP) is 3.38. The molecule has 0 saturated carbocycles. The maximum Gasteiger partial charge on any atom is 0.253 e. The van der Waals surface area contributed by atoms with Crippen molar-refractivity contribution in [1.29, 1.82) is 0 Å². The minimum atomic E-state index is -0.0551. The van der Waals surface area contributed by atoms with Crippen LogP contribution in [0.25, 0.3) is 0 Å². The number of morpholine rings is 1. The van der Waals surface area contributed by atoms with Crippen molar-refractivity contribution in [2.45, 2.75) is 0 Å². The van der Waals surface area contributed by atoms with Crippen molar-refractivity contribution in [2.75, 3.05) is 42.4 Å². The van der Waals surface area contributed by atoms with Crippen LogP contribution in [0.2, 0.25) is 5.28 Å². The molecule has 1 saturated heterocycles. The first kappa shape index (κ1) is 19.9. The Morgan fingerprint density at radius 2 is 1.57 bits per heavy atom. The summed E-state index contributed by atoms with van der Waals surface area (Å²) in [6.45, 7) is 1.17. The van der Waals surface area contributed by atoms with E-state index in [2.05, 4.69) is 25.6 Å². The summed E-state index contributed by atoms with van der Waals surface area (Å²) >= 11 is 6.05. The highest BCUT2D eigenvalue weighted by molar-refractivity contribution is 6.28. The lowest BCUT2D eigenvalue weighted by Crippen LogP contribution is -2.41. The van der Waals surface area contributed by atoms with E-state index in [0.717, 1.165) is 22.8 Å². The molecule has 9 nitrogen and oxygen atoms in total. The molecular weight excluding hydrogens is 408 g/mol. The fourth-order valence-electron chi connectivity index (χ4n) is 2.91. The molecule has 4 rings (SSSR count). The van der Waals surface area contributed by atoms with Crippen LogP contribution in [0.15, 0.2) is 48.5 Å². The van der Waals surface area contributed by atoms with Crippen molar-refractivity contribution in [3.63, 3.8) is 0 Å². The molecule has 1 aliphatic rings. The fourth-order valence-corrected chi connectivity index (χ4v) is 3.07. The van der Waals surface area contributed by atoms with Crippen LogP contribution in [0, 0.1) is 0 Å². The highest BCUT2D eigenvalue weighted by Gasteiger charge is 2.19. The van der Waals surface area contributed by atoms with Crippen LogP contribution in [0.3, 0.4) is 0 Å². The summed E-state index contributed by atoms with van der Waals surface area (Å²) in [6.07, 6.45) is 0. The van der Waals surface area contributed by atoms with E-state index in [9.17, 15) is 4.79 Å². The van der Waals surface area contributed by atoms with Gasteiger partial charge < -0.3 is 25.0 Å². The summed E-state index contributed by atoms with van der Waals surface area (Å²) in [4.78, 5) is 26.2. The number of hydrogen-bond donors (Lipinski definition) is 2.